The van der Waals surface area contributed by atoms with E-state index in [4.69, 9.17) is 4.74 Å². The Kier molecular flexibility index (Phi) is 10.2. The van der Waals surface area contributed by atoms with Gasteiger partial charge in [-0.15, -0.1) is 6.58 Å². The van der Waals surface area contributed by atoms with Crippen LogP contribution in [0, 0.1) is 11.8 Å². The van der Waals surface area contributed by atoms with Crippen LogP contribution in [0.2, 0.25) is 0 Å². The number of carbonyl (C=O) groups excluding carboxylic acids is 4. The molecule has 3 aliphatic carbocycles. The van der Waals surface area contributed by atoms with Crippen molar-refractivity contribution in [3.05, 3.63) is 47.5 Å². The largest absolute Gasteiger partial charge is 0.444 e. The highest BCUT2D eigenvalue weighted by molar-refractivity contribution is 7.91. The summed E-state index contributed by atoms with van der Waals surface area (Å²) in [4.78, 5) is 59.3. The van der Waals surface area contributed by atoms with Gasteiger partial charge in [0.2, 0.25) is 21.8 Å². The predicted octanol–water partition coefficient (Wildman–Crippen LogP) is 3.82. The molecular formula is C38H53N5O7S. The van der Waals surface area contributed by atoms with Crippen molar-refractivity contribution in [1.29, 1.82) is 0 Å². The molecule has 4 fully saturated rings. The number of hydrogen-bond acceptors (Lipinski definition) is 8. The van der Waals surface area contributed by atoms with Crippen molar-refractivity contribution in [2.75, 3.05) is 6.54 Å². The Morgan fingerprint density at radius 3 is 2.45 bits per heavy atom. The first kappa shape index (κ1) is 35.9. The number of sulfonamides is 1. The molecule has 4 amide bonds. The predicted molar refractivity (Wildman–Crippen MR) is 190 cm³/mol. The van der Waals surface area contributed by atoms with Gasteiger partial charge in [0, 0.05) is 31.5 Å². The van der Waals surface area contributed by atoms with Crippen molar-refractivity contribution in [1.82, 2.24) is 25.2 Å². The van der Waals surface area contributed by atoms with Crippen LogP contribution in [0.15, 0.2) is 30.9 Å². The van der Waals surface area contributed by atoms with Gasteiger partial charge in [-0.05, 0) is 80.9 Å². The quantitative estimate of drug-likeness (QED) is 0.359. The lowest BCUT2D eigenvalue weighted by atomic mass is 9.94. The van der Waals surface area contributed by atoms with Gasteiger partial charge in [0.25, 0.3) is 5.91 Å². The number of nitrogens with zero attached hydrogens (tertiary/aromatic N) is 2. The molecule has 0 spiro atoms. The van der Waals surface area contributed by atoms with E-state index in [-0.39, 0.29) is 37.3 Å². The lowest BCUT2D eigenvalue weighted by Gasteiger charge is -2.33. The van der Waals surface area contributed by atoms with Crippen molar-refractivity contribution >= 4 is 33.8 Å². The van der Waals surface area contributed by atoms with Gasteiger partial charge >= 0.3 is 6.09 Å². The Morgan fingerprint density at radius 1 is 1.00 bits per heavy atom. The fourth-order valence-corrected chi connectivity index (χ4v) is 10.2. The zero-order valence-electron chi connectivity index (χ0n) is 29.7. The highest BCUT2D eigenvalue weighted by Crippen LogP contribution is 2.45. The van der Waals surface area contributed by atoms with Crippen molar-refractivity contribution in [2.45, 2.75) is 145 Å². The van der Waals surface area contributed by atoms with E-state index in [0.717, 1.165) is 69.8 Å². The van der Waals surface area contributed by atoms with Gasteiger partial charge in [0.05, 0.1) is 17.8 Å². The van der Waals surface area contributed by atoms with Gasteiger partial charge in [-0.1, -0.05) is 56.4 Å². The zero-order chi connectivity index (χ0) is 35.9. The van der Waals surface area contributed by atoms with Crippen molar-refractivity contribution < 1.29 is 32.3 Å². The topological polar surface area (TPSA) is 154 Å². The molecule has 3 N–H and O–H groups in total. The Balaban J connectivity index is 1.15. The Hall–Kier alpha value is -3.45. The third-order valence-corrected chi connectivity index (χ3v) is 14.0. The minimum Gasteiger partial charge on any atom is -0.444 e. The minimum atomic E-state index is -3.85. The number of amides is 4. The normalized spacial score (nSPS) is 32.1. The number of ether oxygens (including phenoxy) is 1. The second-order valence-electron chi connectivity index (χ2n) is 15.9. The molecule has 6 atom stereocenters. The van der Waals surface area contributed by atoms with Crippen LogP contribution in [0.4, 0.5) is 4.79 Å². The Morgan fingerprint density at radius 2 is 1.73 bits per heavy atom. The first-order valence-electron chi connectivity index (χ1n) is 19.1. The molecule has 0 unspecified atom stereocenters. The third kappa shape index (κ3) is 7.56. The average molecular weight is 724 g/mol. The summed E-state index contributed by atoms with van der Waals surface area (Å²) in [5.41, 5.74) is 2.09. The lowest BCUT2D eigenvalue weighted by Crippen LogP contribution is -2.59. The van der Waals surface area contributed by atoms with E-state index in [1.807, 2.05) is 0 Å². The maximum Gasteiger partial charge on any atom is 0.410 e. The lowest BCUT2D eigenvalue weighted by molar-refractivity contribution is -0.142. The second kappa shape index (κ2) is 14.5. The van der Waals surface area contributed by atoms with Crippen LogP contribution in [0.25, 0.3) is 0 Å². The van der Waals surface area contributed by atoms with Crippen LogP contribution in [-0.4, -0.2) is 83.6 Å². The molecule has 3 aliphatic heterocycles. The molecule has 7 rings (SSSR count). The standard InChI is InChI=1S/C38H53N5O7S/c1-3-28-20-38(28,36(46)41-51(48,49)30-17-18-30)40-34(44)32-19-29-22-43(32)35(45)33(26-13-8-9-14-26)39-24(2)11-6-4-5-7-12-25-15-10-16-27-21-42(23-31(25)27)37(47)50-29/h3,10,15-16,24,26,28-30,32-33,39H,1,4-9,11-14,17-23H2,2H3,(H,40,44)(H,41,46)/t24-,28-,29-,32+,33+,38-/m1/s1. The van der Waals surface area contributed by atoms with Crippen molar-refractivity contribution in [3.63, 3.8) is 0 Å². The van der Waals surface area contributed by atoms with Gasteiger partial charge in [-0.3, -0.25) is 24.0 Å². The molecule has 0 radical (unpaired) electrons. The number of nitrogens with one attached hydrogen (secondary N) is 3. The number of fused-ring (bicyclic) bond motifs is 3. The second-order valence-corrected chi connectivity index (χ2v) is 17.8. The summed E-state index contributed by atoms with van der Waals surface area (Å²) < 4.78 is 33.7. The molecule has 4 bridgehead atoms. The van der Waals surface area contributed by atoms with E-state index in [0.29, 0.717) is 25.9 Å². The van der Waals surface area contributed by atoms with Crippen LogP contribution in [0.5, 0.6) is 0 Å². The molecule has 278 valence electrons. The number of benzene rings is 1. The fourth-order valence-electron chi connectivity index (χ4n) is 8.85. The van der Waals surface area contributed by atoms with E-state index in [2.05, 4.69) is 47.1 Å². The third-order valence-electron chi connectivity index (χ3n) is 12.1. The first-order valence-corrected chi connectivity index (χ1v) is 20.7. The number of rotatable bonds is 7. The highest BCUT2D eigenvalue weighted by Gasteiger charge is 2.62. The summed E-state index contributed by atoms with van der Waals surface area (Å²) in [6.45, 7) is 6.87. The molecule has 12 nitrogen and oxygen atoms in total. The summed E-state index contributed by atoms with van der Waals surface area (Å²) in [5.74, 6) is -1.89. The summed E-state index contributed by atoms with van der Waals surface area (Å²) in [7, 11) is -3.85. The smallest absolute Gasteiger partial charge is 0.410 e. The van der Waals surface area contributed by atoms with E-state index in [1.54, 1.807) is 15.9 Å². The SMILES string of the molecule is C=C[C@@H]1C[C@]1(NC(=O)[C@@H]1C[C@@H]2CN1C(=O)[C@H](C1CCCC1)N[C@H](C)CCCCCCc1cccc3c1CN(C3)C(=O)O2)C(=O)NS(=O)(=O)C1CC1. The molecule has 3 heterocycles. The van der Waals surface area contributed by atoms with E-state index in [9.17, 15) is 27.6 Å². The zero-order valence-corrected chi connectivity index (χ0v) is 30.6. The highest BCUT2D eigenvalue weighted by atomic mass is 32.2. The molecule has 3 saturated carbocycles. The van der Waals surface area contributed by atoms with Gasteiger partial charge in [0.15, 0.2) is 0 Å². The summed E-state index contributed by atoms with van der Waals surface area (Å²) in [6, 6.07) is 4.84. The Labute approximate surface area is 301 Å². The van der Waals surface area contributed by atoms with Gasteiger partial charge in [-0.2, -0.15) is 0 Å². The maximum absolute atomic E-state index is 14.7. The molecular weight excluding hydrogens is 671 g/mol. The number of carbonyl (C=O) groups is 4. The summed E-state index contributed by atoms with van der Waals surface area (Å²) in [6.07, 6.45) is 11.7. The molecule has 6 aliphatic rings. The average Bonchev–Trinajstić information content (AvgIpc) is 3.88. The van der Waals surface area contributed by atoms with E-state index < -0.39 is 62.8 Å². The minimum absolute atomic E-state index is 0.0497. The fraction of sp³-hybridized carbons (Fsp3) is 0.684. The van der Waals surface area contributed by atoms with Crippen LogP contribution < -0.4 is 15.4 Å². The van der Waals surface area contributed by atoms with Crippen molar-refractivity contribution in [3.8, 4) is 0 Å². The van der Waals surface area contributed by atoms with Gasteiger partial charge < -0.3 is 20.3 Å². The summed E-state index contributed by atoms with van der Waals surface area (Å²) >= 11 is 0. The molecule has 1 aromatic rings. The molecule has 1 saturated heterocycles. The number of hydrogen-bond donors (Lipinski definition) is 3. The Bertz CT molecular complexity index is 1660. The molecule has 0 aromatic heterocycles. The maximum atomic E-state index is 14.7. The van der Waals surface area contributed by atoms with Crippen molar-refractivity contribution in [2.24, 2.45) is 11.8 Å². The monoisotopic (exact) mass is 723 g/mol. The van der Waals surface area contributed by atoms with Crippen LogP contribution in [0.3, 0.4) is 0 Å². The van der Waals surface area contributed by atoms with Crippen LogP contribution in [0.1, 0.15) is 107 Å². The first-order chi connectivity index (χ1) is 24.5. The molecule has 1 aromatic carbocycles. The van der Waals surface area contributed by atoms with E-state index >= 15 is 0 Å². The van der Waals surface area contributed by atoms with Crippen LogP contribution >= 0.6 is 0 Å². The number of aryl methyl sites for hydroxylation is 1. The molecule has 13 heteroatoms. The molecule has 51 heavy (non-hydrogen) atoms. The summed E-state index contributed by atoms with van der Waals surface area (Å²) in [5, 5.41) is 5.92. The van der Waals surface area contributed by atoms with Crippen LogP contribution in [-0.2, 0) is 48.7 Å². The van der Waals surface area contributed by atoms with E-state index in [1.165, 1.54) is 11.1 Å². The van der Waals surface area contributed by atoms with Gasteiger partial charge in [0.1, 0.15) is 17.7 Å². The van der Waals surface area contributed by atoms with Gasteiger partial charge in [-0.25, -0.2) is 13.2 Å².